The molecule has 2 aliphatic rings. The third-order valence-electron chi connectivity index (χ3n) is 5.43. The molecule has 2 fully saturated rings. The molecule has 0 radical (unpaired) electrons. The third kappa shape index (κ3) is 2.50. The van der Waals surface area contributed by atoms with Gasteiger partial charge >= 0.3 is 0 Å². The molecule has 0 unspecified atom stereocenters. The SMILES string of the molecule is Cc1ccc(S(=O)(=O)N2C[C@@H]3[C@@H](CC(=O)[C@H]3C)[C@@H](C)C2)cc1. The van der Waals surface area contributed by atoms with Crippen LogP contribution in [0, 0.1) is 30.6 Å². The molecular formula is C17H23NO3S. The molecule has 1 aromatic carbocycles. The largest absolute Gasteiger partial charge is 0.299 e. The molecule has 3 rings (SSSR count). The van der Waals surface area contributed by atoms with Gasteiger partial charge in [-0.15, -0.1) is 0 Å². The Morgan fingerprint density at radius 2 is 1.68 bits per heavy atom. The molecule has 0 aromatic heterocycles. The van der Waals surface area contributed by atoms with Gasteiger partial charge < -0.3 is 0 Å². The zero-order chi connectivity index (χ0) is 16.1. The van der Waals surface area contributed by atoms with Gasteiger partial charge in [-0.1, -0.05) is 31.5 Å². The zero-order valence-electron chi connectivity index (χ0n) is 13.3. The number of hydrogen-bond acceptors (Lipinski definition) is 3. The van der Waals surface area contributed by atoms with E-state index >= 15 is 0 Å². The van der Waals surface area contributed by atoms with Gasteiger partial charge in [-0.3, -0.25) is 4.79 Å². The summed E-state index contributed by atoms with van der Waals surface area (Å²) in [5, 5.41) is 0. The molecule has 22 heavy (non-hydrogen) atoms. The van der Waals surface area contributed by atoms with Crippen molar-refractivity contribution in [3.05, 3.63) is 29.8 Å². The van der Waals surface area contributed by atoms with Crippen molar-refractivity contribution in [2.75, 3.05) is 13.1 Å². The third-order valence-corrected chi connectivity index (χ3v) is 7.28. The summed E-state index contributed by atoms with van der Waals surface area (Å²) in [4.78, 5) is 12.3. The molecule has 1 heterocycles. The van der Waals surface area contributed by atoms with Crippen LogP contribution in [0.1, 0.15) is 25.8 Å². The van der Waals surface area contributed by atoms with E-state index in [2.05, 4.69) is 6.92 Å². The summed E-state index contributed by atoms with van der Waals surface area (Å²) < 4.78 is 27.3. The van der Waals surface area contributed by atoms with Crippen molar-refractivity contribution < 1.29 is 13.2 Å². The van der Waals surface area contributed by atoms with Crippen LogP contribution in [0.4, 0.5) is 0 Å². The molecule has 1 saturated heterocycles. The highest BCUT2D eigenvalue weighted by molar-refractivity contribution is 7.89. The van der Waals surface area contributed by atoms with Crippen molar-refractivity contribution in [3.63, 3.8) is 0 Å². The maximum absolute atomic E-state index is 12.9. The first-order valence-electron chi connectivity index (χ1n) is 7.90. The van der Waals surface area contributed by atoms with E-state index in [0.29, 0.717) is 30.3 Å². The number of aryl methyl sites for hydroxylation is 1. The van der Waals surface area contributed by atoms with Gasteiger partial charge in [0.25, 0.3) is 0 Å². The predicted octanol–water partition coefficient (Wildman–Crippen LogP) is 2.48. The number of ketones is 1. The van der Waals surface area contributed by atoms with E-state index in [1.165, 1.54) is 0 Å². The first kappa shape index (κ1) is 15.7. The van der Waals surface area contributed by atoms with Gasteiger partial charge in [-0.05, 0) is 36.8 Å². The molecule has 0 spiro atoms. The number of Topliss-reactive ketones (excluding diaryl/α,β-unsaturated/α-hetero) is 1. The number of fused-ring (bicyclic) bond motifs is 1. The van der Waals surface area contributed by atoms with E-state index in [1.54, 1.807) is 16.4 Å². The Morgan fingerprint density at radius 1 is 1.05 bits per heavy atom. The fraction of sp³-hybridized carbons (Fsp3) is 0.588. The van der Waals surface area contributed by atoms with Gasteiger partial charge in [0.15, 0.2) is 0 Å². The predicted molar refractivity (Wildman–Crippen MR) is 84.9 cm³/mol. The Balaban J connectivity index is 1.89. The molecule has 5 heteroatoms. The summed E-state index contributed by atoms with van der Waals surface area (Å²) in [5.41, 5.74) is 1.04. The average Bonchev–Trinajstić information content (AvgIpc) is 2.76. The number of benzene rings is 1. The van der Waals surface area contributed by atoms with E-state index in [-0.39, 0.29) is 23.5 Å². The average molecular weight is 321 g/mol. The van der Waals surface area contributed by atoms with Gasteiger partial charge in [0.1, 0.15) is 5.78 Å². The monoisotopic (exact) mass is 321 g/mol. The summed E-state index contributed by atoms with van der Waals surface area (Å²) in [6, 6.07) is 6.99. The highest BCUT2D eigenvalue weighted by Gasteiger charge is 2.48. The summed E-state index contributed by atoms with van der Waals surface area (Å²) in [6.45, 7) is 6.94. The van der Waals surface area contributed by atoms with Crippen LogP contribution in [0.2, 0.25) is 0 Å². The summed E-state index contributed by atoms with van der Waals surface area (Å²) >= 11 is 0. The second-order valence-corrected chi connectivity index (χ2v) is 8.84. The topological polar surface area (TPSA) is 54.5 Å². The summed E-state index contributed by atoms with van der Waals surface area (Å²) in [5.74, 6) is 0.996. The summed E-state index contributed by atoms with van der Waals surface area (Å²) in [6.07, 6.45) is 0.616. The van der Waals surface area contributed by atoms with Crippen LogP contribution in [-0.4, -0.2) is 31.6 Å². The van der Waals surface area contributed by atoms with Gasteiger partial charge in [0, 0.05) is 25.4 Å². The van der Waals surface area contributed by atoms with Crippen molar-refractivity contribution in [3.8, 4) is 0 Å². The lowest BCUT2D eigenvalue weighted by Gasteiger charge is -2.39. The second-order valence-electron chi connectivity index (χ2n) is 6.90. The van der Waals surface area contributed by atoms with Crippen LogP contribution in [-0.2, 0) is 14.8 Å². The first-order chi connectivity index (χ1) is 10.3. The highest BCUT2D eigenvalue weighted by Crippen LogP contribution is 2.43. The van der Waals surface area contributed by atoms with Gasteiger partial charge in [-0.25, -0.2) is 8.42 Å². The Kier molecular flexibility index (Phi) is 3.89. The fourth-order valence-electron chi connectivity index (χ4n) is 3.92. The normalized spacial score (nSPS) is 33.0. The number of sulfonamides is 1. The van der Waals surface area contributed by atoms with Crippen LogP contribution in [0.3, 0.4) is 0 Å². The van der Waals surface area contributed by atoms with Crippen LogP contribution in [0.15, 0.2) is 29.2 Å². The number of carbonyl (C=O) groups excluding carboxylic acids is 1. The van der Waals surface area contributed by atoms with Crippen molar-refractivity contribution in [2.45, 2.75) is 32.1 Å². The van der Waals surface area contributed by atoms with Crippen molar-refractivity contribution >= 4 is 15.8 Å². The van der Waals surface area contributed by atoms with Crippen LogP contribution >= 0.6 is 0 Å². The van der Waals surface area contributed by atoms with Crippen LogP contribution in [0.25, 0.3) is 0 Å². The second kappa shape index (κ2) is 5.46. The first-order valence-corrected chi connectivity index (χ1v) is 9.34. The van der Waals surface area contributed by atoms with Crippen LogP contribution < -0.4 is 0 Å². The van der Waals surface area contributed by atoms with Crippen molar-refractivity contribution in [1.82, 2.24) is 4.31 Å². The molecule has 1 aliphatic carbocycles. The number of carbonyl (C=O) groups is 1. The summed E-state index contributed by atoms with van der Waals surface area (Å²) in [7, 11) is -3.47. The molecule has 0 N–H and O–H groups in total. The lowest BCUT2D eigenvalue weighted by molar-refractivity contribution is -0.120. The zero-order valence-corrected chi connectivity index (χ0v) is 14.1. The highest BCUT2D eigenvalue weighted by atomic mass is 32.2. The Labute approximate surface area is 132 Å². The molecule has 4 nitrogen and oxygen atoms in total. The molecule has 1 aliphatic heterocycles. The maximum atomic E-state index is 12.9. The molecule has 1 saturated carbocycles. The van der Waals surface area contributed by atoms with E-state index in [4.69, 9.17) is 0 Å². The molecular weight excluding hydrogens is 298 g/mol. The number of hydrogen-bond donors (Lipinski definition) is 0. The van der Waals surface area contributed by atoms with Crippen molar-refractivity contribution in [2.24, 2.45) is 23.7 Å². The molecule has 0 bridgehead atoms. The fourth-order valence-corrected chi connectivity index (χ4v) is 5.50. The van der Waals surface area contributed by atoms with E-state index in [0.717, 1.165) is 5.56 Å². The van der Waals surface area contributed by atoms with Gasteiger partial charge in [-0.2, -0.15) is 4.31 Å². The van der Waals surface area contributed by atoms with Gasteiger partial charge in [0.2, 0.25) is 10.0 Å². The lowest BCUT2D eigenvalue weighted by atomic mass is 9.79. The molecule has 1 aromatic rings. The molecule has 0 amide bonds. The van der Waals surface area contributed by atoms with Crippen molar-refractivity contribution in [1.29, 1.82) is 0 Å². The quantitative estimate of drug-likeness (QED) is 0.841. The Morgan fingerprint density at radius 3 is 2.32 bits per heavy atom. The minimum absolute atomic E-state index is 0.0246. The van der Waals surface area contributed by atoms with E-state index < -0.39 is 10.0 Å². The molecule has 4 atom stereocenters. The maximum Gasteiger partial charge on any atom is 0.243 e. The van der Waals surface area contributed by atoms with E-state index in [9.17, 15) is 13.2 Å². The number of rotatable bonds is 2. The van der Waals surface area contributed by atoms with Gasteiger partial charge in [0.05, 0.1) is 4.90 Å². The Bertz CT molecular complexity index is 680. The molecule has 120 valence electrons. The standard InChI is InChI=1S/C17H23NO3S/c1-11-4-6-14(7-5-11)22(20,21)18-9-12(2)15-8-17(19)13(3)16(15)10-18/h4-7,12-13,15-16H,8-10H2,1-3H3/t12-,13-,15-,16-/m0/s1. The minimum atomic E-state index is -3.47. The number of nitrogens with zero attached hydrogens (tertiary/aromatic N) is 1. The number of piperidine rings is 1. The minimum Gasteiger partial charge on any atom is -0.299 e. The Hall–Kier alpha value is -1.20. The smallest absolute Gasteiger partial charge is 0.243 e. The lowest BCUT2D eigenvalue weighted by Crippen LogP contribution is -2.47. The van der Waals surface area contributed by atoms with Crippen LogP contribution in [0.5, 0.6) is 0 Å². The van der Waals surface area contributed by atoms with E-state index in [1.807, 2.05) is 26.0 Å².